The maximum Gasteiger partial charge on any atom is 0.261 e. The van der Waals surface area contributed by atoms with Crippen molar-refractivity contribution < 1.29 is 14.3 Å². The summed E-state index contributed by atoms with van der Waals surface area (Å²) in [6.45, 7) is 1.29. The van der Waals surface area contributed by atoms with Gasteiger partial charge in [0.15, 0.2) is 5.96 Å². The number of carbonyl (C=O) groups excluding carboxylic acids is 2. The number of hydrogen-bond acceptors (Lipinski definition) is 4. The average molecular weight is 380 g/mol. The molecule has 146 valence electrons. The molecule has 0 atom stereocenters. The smallest absolute Gasteiger partial charge is 0.261 e. The van der Waals surface area contributed by atoms with Crippen LogP contribution in [0.2, 0.25) is 0 Å². The van der Waals surface area contributed by atoms with Crippen LogP contribution in [0.25, 0.3) is 0 Å². The van der Waals surface area contributed by atoms with Crippen molar-refractivity contribution in [1.29, 1.82) is 0 Å². The van der Waals surface area contributed by atoms with Crippen molar-refractivity contribution in [3.8, 4) is 5.75 Å². The molecular weight excluding hydrogens is 356 g/mol. The molecule has 0 fully saturated rings. The molecule has 0 aliphatic carbocycles. The summed E-state index contributed by atoms with van der Waals surface area (Å²) < 4.78 is 5.39. The number of benzene rings is 2. The second kappa shape index (κ2) is 8.56. The summed E-state index contributed by atoms with van der Waals surface area (Å²) in [7, 11) is 5.26. The zero-order valence-electron chi connectivity index (χ0n) is 16.3. The molecular formula is C21H24N4O3. The van der Waals surface area contributed by atoms with Gasteiger partial charge in [-0.25, -0.2) is 0 Å². The highest BCUT2D eigenvalue weighted by Gasteiger charge is 2.34. The summed E-state index contributed by atoms with van der Waals surface area (Å²) in [6.07, 6.45) is 0. The molecule has 1 heterocycles. The quantitative estimate of drug-likeness (QED) is 0.471. The normalized spacial score (nSPS) is 13.5. The molecule has 0 unspecified atom stereocenters. The highest BCUT2D eigenvalue weighted by Crippen LogP contribution is 2.22. The highest BCUT2D eigenvalue weighted by atomic mass is 16.5. The number of imide groups is 1. The third kappa shape index (κ3) is 3.83. The monoisotopic (exact) mass is 380 g/mol. The number of para-hydroxylation sites is 1. The van der Waals surface area contributed by atoms with E-state index >= 15 is 0 Å². The van der Waals surface area contributed by atoms with Gasteiger partial charge in [-0.3, -0.25) is 19.5 Å². The molecule has 0 bridgehead atoms. The average Bonchev–Trinajstić information content (AvgIpc) is 2.96. The lowest BCUT2D eigenvalue weighted by Crippen LogP contribution is -2.43. The third-order valence-corrected chi connectivity index (χ3v) is 4.67. The fourth-order valence-corrected chi connectivity index (χ4v) is 3.27. The first-order valence-electron chi connectivity index (χ1n) is 9.05. The van der Waals surface area contributed by atoms with E-state index in [4.69, 9.17) is 4.74 Å². The van der Waals surface area contributed by atoms with Crippen LogP contribution in [0.5, 0.6) is 5.75 Å². The molecule has 0 saturated carbocycles. The minimum absolute atomic E-state index is 0.250. The standard InChI is InChI=1S/C21H24N4O3/c1-22-21(24(2)14-15-8-4-7-11-18(15)28-3)23-12-13-25-19(26)16-9-5-6-10-17(16)20(25)27/h4-11H,12-14H2,1-3H3,(H,22,23). The molecule has 7 heteroatoms. The number of ether oxygens (including phenoxy) is 1. The van der Waals surface area contributed by atoms with E-state index < -0.39 is 0 Å². The van der Waals surface area contributed by atoms with Crippen molar-refractivity contribution >= 4 is 17.8 Å². The Morgan fingerprint density at radius 3 is 2.29 bits per heavy atom. The number of aliphatic imine (C=N–C) groups is 1. The summed E-state index contributed by atoms with van der Waals surface area (Å²) in [5, 5.41) is 3.21. The molecule has 1 aliphatic rings. The summed E-state index contributed by atoms with van der Waals surface area (Å²) in [5.74, 6) is 0.984. The largest absolute Gasteiger partial charge is 0.496 e. The molecule has 2 aromatic rings. The number of hydrogen-bond donors (Lipinski definition) is 1. The Morgan fingerprint density at radius 1 is 1.07 bits per heavy atom. The highest BCUT2D eigenvalue weighted by molar-refractivity contribution is 6.21. The van der Waals surface area contributed by atoms with E-state index in [1.165, 1.54) is 4.90 Å². The topological polar surface area (TPSA) is 74.2 Å². The number of rotatable bonds is 6. The lowest BCUT2D eigenvalue weighted by molar-refractivity contribution is 0.0657. The van der Waals surface area contributed by atoms with Crippen molar-refractivity contribution in [2.45, 2.75) is 6.54 Å². The molecule has 0 radical (unpaired) electrons. The molecule has 0 saturated heterocycles. The molecule has 3 rings (SSSR count). The van der Waals surface area contributed by atoms with Crippen molar-refractivity contribution in [1.82, 2.24) is 15.1 Å². The summed E-state index contributed by atoms with van der Waals surface area (Å²) in [4.78, 5) is 32.4. The molecule has 2 amide bonds. The minimum atomic E-state index is -0.250. The fourth-order valence-electron chi connectivity index (χ4n) is 3.27. The molecule has 2 aromatic carbocycles. The zero-order valence-corrected chi connectivity index (χ0v) is 16.3. The van der Waals surface area contributed by atoms with E-state index in [0.717, 1.165) is 11.3 Å². The van der Waals surface area contributed by atoms with Crippen LogP contribution < -0.4 is 10.1 Å². The Balaban J connectivity index is 1.58. The predicted octanol–water partition coefficient (Wildman–Crippen LogP) is 2.00. The Kier molecular flexibility index (Phi) is 5.93. The van der Waals surface area contributed by atoms with E-state index in [0.29, 0.717) is 30.2 Å². The predicted molar refractivity (Wildman–Crippen MR) is 108 cm³/mol. The van der Waals surface area contributed by atoms with Crippen molar-refractivity contribution in [2.75, 3.05) is 34.3 Å². The van der Waals surface area contributed by atoms with E-state index in [1.807, 2.05) is 36.2 Å². The van der Waals surface area contributed by atoms with Crippen molar-refractivity contribution in [3.63, 3.8) is 0 Å². The number of fused-ring (bicyclic) bond motifs is 1. The Hall–Kier alpha value is -3.35. The number of nitrogens with zero attached hydrogens (tertiary/aromatic N) is 3. The third-order valence-electron chi connectivity index (χ3n) is 4.67. The van der Waals surface area contributed by atoms with Gasteiger partial charge in [-0.1, -0.05) is 30.3 Å². The first-order chi connectivity index (χ1) is 13.6. The van der Waals surface area contributed by atoms with Gasteiger partial charge in [-0.15, -0.1) is 0 Å². The summed E-state index contributed by atoms with van der Waals surface area (Å²) in [5.41, 5.74) is 1.96. The van der Waals surface area contributed by atoms with Crippen LogP contribution in [-0.2, 0) is 6.54 Å². The van der Waals surface area contributed by atoms with Crippen LogP contribution in [0, 0.1) is 0 Å². The van der Waals surface area contributed by atoms with E-state index in [2.05, 4.69) is 10.3 Å². The van der Waals surface area contributed by atoms with Gasteiger partial charge in [0.2, 0.25) is 0 Å². The summed E-state index contributed by atoms with van der Waals surface area (Å²) >= 11 is 0. The van der Waals surface area contributed by atoms with Gasteiger partial charge in [0.05, 0.1) is 18.2 Å². The second-order valence-corrected chi connectivity index (χ2v) is 6.45. The van der Waals surface area contributed by atoms with Gasteiger partial charge >= 0.3 is 0 Å². The Morgan fingerprint density at radius 2 is 1.68 bits per heavy atom. The number of guanidine groups is 1. The number of nitrogens with one attached hydrogen (secondary N) is 1. The van der Waals surface area contributed by atoms with E-state index in [9.17, 15) is 9.59 Å². The second-order valence-electron chi connectivity index (χ2n) is 6.45. The van der Waals surface area contributed by atoms with Gasteiger partial charge < -0.3 is 15.0 Å². The SMILES string of the molecule is CN=C(NCCN1C(=O)c2ccccc2C1=O)N(C)Cc1ccccc1OC. The number of amides is 2. The molecule has 1 N–H and O–H groups in total. The lowest BCUT2D eigenvalue weighted by atomic mass is 10.1. The number of carbonyl (C=O) groups is 2. The van der Waals surface area contributed by atoms with Gasteiger partial charge in [0, 0.05) is 39.3 Å². The van der Waals surface area contributed by atoms with Crippen LogP contribution in [-0.4, -0.2) is 61.9 Å². The van der Waals surface area contributed by atoms with Gasteiger partial charge in [0.1, 0.15) is 5.75 Å². The van der Waals surface area contributed by atoms with Crippen LogP contribution in [0.15, 0.2) is 53.5 Å². The van der Waals surface area contributed by atoms with Crippen LogP contribution >= 0.6 is 0 Å². The fraction of sp³-hybridized carbons (Fsp3) is 0.286. The Bertz CT molecular complexity index is 875. The van der Waals surface area contributed by atoms with Crippen LogP contribution in [0.3, 0.4) is 0 Å². The van der Waals surface area contributed by atoms with Crippen molar-refractivity contribution in [3.05, 3.63) is 65.2 Å². The molecule has 1 aliphatic heterocycles. The molecule has 28 heavy (non-hydrogen) atoms. The maximum absolute atomic E-state index is 12.4. The first-order valence-corrected chi connectivity index (χ1v) is 9.05. The van der Waals surface area contributed by atoms with E-state index in [-0.39, 0.29) is 18.4 Å². The first kappa shape index (κ1) is 19.4. The Labute approximate surface area is 164 Å². The zero-order chi connectivity index (χ0) is 20.1. The van der Waals surface area contributed by atoms with Gasteiger partial charge in [-0.2, -0.15) is 0 Å². The molecule has 7 nitrogen and oxygen atoms in total. The summed E-state index contributed by atoms with van der Waals surface area (Å²) in [6, 6.07) is 14.7. The van der Waals surface area contributed by atoms with Gasteiger partial charge in [0.25, 0.3) is 11.8 Å². The van der Waals surface area contributed by atoms with Crippen LogP contribution in [0.1, 0.15) is 26.3 Å². The minimum Gasteiger partial charge on any atom is -0.496 e. The van der Waals surface area contributed by atoms with Gasteiger partial charge in [-0.05, 0) is 18.2 Å². The molecule has 0 spiro atoms. The number of methoxy groups -OCH3 is 1. The van der Waals surface area contributed by atoms with Crippen LogP contribution in [0.4, 0.5) is 0 Å². The molecule has 0 aromatic heterocycles. The van der Waals surface area contributed by atoms with Crippen molar-refractivity contribution in [2.24, 2.45) is 4.99 Å². The maximum atomic E-state index is 12.4. The van der Waals surface area contributed by atoms with E-state index in [1.54, 1.807) is 38.4 Å². The lowest BCUT2D eigenvalue weighted by Gasteiger charge is -2.24.